The summed E-state index contributed by atoms with van der Waals surface area (Å²) in [6.45, 7) is 3.80. The Bertz CT molecular complexity index is 530. The van der Waals surface area contributed by atoms with E-state index in [0.29, 0.717) is 12.0 Å². The summed E-state index contributed by atoms with van der Waals surface area (Å²) < 4.78 is 12.8. The van der Waals surface area contributed by atoms with Gasteiger partial charge in [-0.05, 0) is 30.0 Å². The zero-order chi connectivity index (χ0) is 15.6. The Balaban J connectivity index is 2.03. The van der Waals surface area contributed by atoms with Gasteiger partial charge in [0.2, 0.25) is 0 Å². The molecule has 0 spiro atoms. The van der Waals surface area contributed by atoms with Gasteiger partial charge >= 0.3 is 6.03 Å². The number of aliphatic hydroxyl groups is 1. The largest absolute Gasteiger partial charge is 0.387 e. The first kappa shape index (κ1) is 15.4. The van der Waals surface area contributed by atoms with E-state index in [2.05, 4.69) is 5.32 Å². The third kappa shape index (κ3) is 3.58. The number of urea groups is 1. The van der Waals surface area contributed by atoms with E-state index in [0.717, 1.165) is 4.90 Å². The lowest BCUT2D eigenvalue weighted by Gasteiger charge is -2.18. The number of hydrogen-bond acceptors (Lipinski definition) is 3. The number of amides is 3. The van der Waals surface area contributed by atoms with E-state index in [1.807, 2.05) is 13.8 Å². The van der Waals surface area contributed by atoms with Crippen molar-refractivity contribution in [2.75, 3.05) is 6.54 Å². The molecule has 1 aliphatic rings. The molecule has 1 fully saturated rings. The molecule has 1 aliphatic heterocycles. The van der Waals surface area contributed by atoms with Gasteiger partial charge in [0.05, 0.1) is 12.6 Å². The summed E-state index contributed by atoms with van der Waals surface area (Å²) in [5.74, 6) is -0.450. The predicted molar refractivity (Wildman–Crippen MR) is 74.8 cm³/mol. The number of benzene rings is 1. The number of carbonyl (C=O) groups excluding carboxylic acids is 2. The SMILES string of the molecule is CC(C)C[C@H]1NC(=O)N(C[C@@H](O)c2ccc(F)cc2)C1=O. The van der Waals surface area contributed by atoms with Crippen LogP contribution in [0.25, 0.3) is 0 Å². The van der Waals surface area contributed by atoms with E-state index in [9.17, 15) is 19.1 Å². The van der Waals surface area contributed by atoms with E-state index in [4.69, 9.17) is 0 Å². The molecule has 5 nitrogen and oxygen atoms in total. The smallest absolute Gasteiger partial charge is 0.324 e. The van der Waals surface area contributed by atoms with Crippen LogP contribution in [0.2, 0.25) is 0 Å². The van der Waals surface area contributed by atoms with Gasteiger partial charge in [-0.25, -0.2) is 9.18 Å². The zero-order valence-electron chi connectivity index (χ0n) is 12.0. The van der Waals surface area contributed by atoms with Crippen LogP contribution >= 0.6 is 0 Å². The van der Waals surface area contributed by atoms with Crippen LogP contribution in [-0.2, 0) is 4.79 Å². The highest BCUT2D eigenvalue weighted by atomic mass is 19.1. The number of halogens is 1. The van der Waals surface area contributed by atoms with Crippen LogP contribution in [-0.4, -0.2) is 34.5 Å². The Morgan fingerprint density at radius 1 is 1.29 bits per heavy atom. The molecule has 6 heteroatoms. The van der Waals surface area contributed by atoms with Crippen molar-refractivity contribution in [1.29, 1.82) is 0 Å². The second-order valence-electron chi connectivity index (χ2n) is 5.65. The van der Waals surface area contributed by atoms with Gasteiger partial charge in [-0.15, -0.1) is 0 Å². The Morgan fingerprint density at radius 2 is 1.90 bits per heavy atom. The molecule has 1 aromatic rings. The minimum absolute atomic E-state index is 0.134. The van der Waals surface area contributed by atoms with E-state index < -0.39 is 24.0 Å². The summed E-state index contributed by atoms with van der Waals surface area (Å²) >= 11 is 0. The molecule has 0 aromatic heterocycles. The molecule has 1 saturated heterocycles. The van der Waals surface area contributed by atoms with Gasteiger partial charge in [0, 0.05) is 0 Å². The minimum Gasteiger partial charge on any atom is -0.387 e. The van der Waals surface area contributed by atoms with E-state index in [1.165, 1.54) is 24.3 Å². The van der Waals surface area contributed by atoms with Gasteiger partial charge in [0.1, 0.15) is 11.9 Å². The first-order valence-corrected chi connectivity index (χ1v) is 6.94. The molecule has 1 aromatic carbocycles. The quantitative estimate of drug-likeness (QED) is 0.814. The minimum atomic E-state index is -1.03. The van der Waals surface area contributed by atoms with Crippen molar-refractivity contribution in [1.82, 2.24) is 10.2 Å². The van der Waals surface area contributed by atoms with Crippen molar-refractivity contribution in [2.24, 2.45) is 5.92 Å². The number of rotatable bonds is 5. The molecule has 3 amide bonds. The van der Waals surface area contributed by atoms with Crippen molar-refractivity contribution in [3.63, 3.8) is 0 Å². The van der Waals surface area contributed by atoms with Crippen molar-refractivity contribution in [3.05, 3.63) is 35.6 Å². The van der Waals surface area contributed by atoms with Crippen LogP contribution in [0.1, 0.15) is 31.9 Å². The van der Waals surface area contributed by atoms with Crippen molar-refractivity contribution < 1.29 is 19.1 Å². The standard InChI is InChI=1S/C15H19FN2O3/c1-9(2)7-12-14(20)18(15(21)17-12)8-13(19)10-3-5-11(16)6-4-10/h3-6,9,12-13,19H,7-8H2,1-2H3,(H,17,21)/t12-,13-/m1/s1. The van der Waals surface area contributed by atoms with Crippen LogP contribution < -0.4 is 5.32 Å². The third-order valence-electron chi connectivity index (χ3n) is 3.42. The number of carbonyl (C=O) groups is 2. The summed E-state index contributed by atoms with van der Waals surface area (Å²) in [5, 5.41) is 12.7. The highest BCUT2D eigenvalue weighted by Gasteiger charge is 2.38. The number of aliphatic hydroxyl groups excluding tert-OH is 1. The molecule has 0 radical (unpaired) electrons. The van der Waals surface area contributed by atoms with Crippen LogP contribution in [0.5, 0.6) is 0 Å². The summed E-state index contributed by atoms with van der Waals surface area (Å²) in [7, 11) is 0. The predicted octanol–water partition coefficient (Wildman–Crippen LogP) is 1.83. The molecule has 21 heavy (non-hydrogen) atoms. The monoisotopic (exact) mass is 294 g/mol. The Morgan fingerprint density at radius 3 is 2.48 bits per heavy atom. The first-order valence-electron chi connectivity index (χ1n) is 6.94. The maximum atomic E-state index is 12.8. The molecule has 0 aliphatic carbocycles. The van der Waals surface area contributed by atoms with Crippen LogP contribution in [0.15, 0.2) is 24.3 Å². The fourth-order valence-electron chi connectivity index (χ4n) is 2.34. The molecule has 2 N–H and O–H groups in total. The van der Waals surface area contributed by atoms with Crippen molar-refractivity contribution >= 4 is 11.9 Å². The second kappa shape index (κ2) is 6.22. The van der Waals surface area contributed by atoms with Gasteiger partial charge in [-0.1, -0.05) is 26.0 Å². The van der Waals surface area contributed by atoms with Gasteiger partial charge < -0.3 is 10.4 Å². The number of imide groups is 1. The average molecular weight is 294 g/mol. The van der Waals surface area contributed by atoms with E-state index >= 15 is 0 Å². The highest BCUT2D eigenvalue weighted by Crippen LogP contribution is 2.19. The maximum absolute atomic E-state index is 12.8. The Kier molecular flexibility index (Phi) is 4.57. The number of nitrogens with zero attached hydrogens (tertiary/aromatic N) is 1. The van der Waals surface area contributed by atoms with Crippen molar-refractivity contribution in [2.45, 2.75) is 32.4 Å². The highest BCUT2D eigenvalue weighted by molar-refractivity contribution is 6.04. The van der Waals surface area contributed by atoms with Crippen LogP contribution in [0.3, 0.4) is 0 Å². The molecule has 0 bridgehead atoms. The molecule has 1 heterocycles. The molecule has 2 atom stereocenters. The Labute approximate surface area is 122 Å². The fraction of sp³-hybridized carbons (Fsp3) is 0.467. The van der Waals surface area contributed by atoms with E-state index in [-0.39, 0.29) is 18.4 Å². The number of hydrogen-bond donors (Lipinski definition) is 2. The summed E-state index contributed by atoms with van der Waals surface area (Å²) in [5.41, 5.74) is 0.462. The first-order chi connectivity index (χ1) is 9.88. The second-order valence-corrected chi connectivity index (χ2v) is 5.65. The molecule has 114 valence electrons. The number of nitrogens with one attached hydrogen (secondary N) is 1. The third-order valence-corrected chi connectivity index (χ3v) is 3.42. The summed E-state index contributed by atoms with van der Waals surface area (Å²) in [6.07, 6.45) is -0.466. The van der Waals surface area contributed by atoms with Crippen molar-refractivity contribution in [3.8, 4) is 0 Å². The van der Waals surface area contributed by atoms with Gasteiger partial charge in [-0.2, -0.15) is 0 Å². The lowest BCUT2D eigenvalue weighted by atomic mass is 10.0. The zero-order valence-corrected chi connectivity index (χ0v) is 12.0. The molecular formula is C15H19FN2O3. The lowest BCUT2D eigenvalue weighted by Crippen LogP contribution is -2.35. The molecular weight excluding hydrogens is 275 g/mol. The average Bonchev–Trinajstić information content (AvgIpc) is 2.66. The fourth-order valence-corrected chi connectivity index (χ4v) is 2.34. The summed E-state index contributed by atoms with van der Waals surface area (Å²) in [4.78, 5) is 25.0. The Hall–Kier alpha value is -1.95. The molecule has 0 saturated carbocycles. The van der Waals surface area contributed by atoms with Gasteiger partial charge in [0.25, 0.3) is 5.91 Å². The van der Waals surface area contributed by atoms with Gasteiger partial charge in [-0.3, -0.25) is 9.69 Å². The summed E-state index contributed by atoms with van der Waals surface area (Å²) in [6, 6.07) is 4.30. The van der Waals surface area contributed by atoms with Crippen LogP contribution in [0.4, 0.5) is 9.18 Å². The normalized spacial score (nSPS) is 20.0. The lowest BCUT2D eigenvalue weighted by molar-refractivity contribution is -0.128. The van der Waals surface area contributed by atoms with Crippen LogP contribution in [0, 0.1) is 11.7 Å². The van der Waals surface area contributed by atoms with Gasteiger partial charge in [0.15, 0.2) is 0 Å². The molecule has 0 unspecified atom stereocenters. The maximum Gasteiger partial charge on any atom is 0.324 e. The topological polar surface area (TPSA) is 69.6 Å². The number of β-amino-alcohol motifs (C(OH)–C–C–N with tert-alkyl or cyclic N) is 1. The van der Waals surface area contributed by atoms with E-state index in [1.54, 1.807) is 0 Å². The molecule has 2 rings (SSSR count).